The number of unbranched alkanes of at least 4 members (excludes halogenated alkanes) is 1. The minimum absolute atomic E-state index is 0.499. The summed E-state index contributed by atoms with van der Waals surface area (Å²) in [5.41, 5.74) is 0. The Balaban J connectivity index is 2.05. The van der Waals surface area contributed by atoms with Crippen LogP contribution in [0.4, 0.5) is 0 Å². The van der Waals surface area contributed by atoms with Crippen molar-refractivity contribution in [2.45, 2.75) is 32.7 Å². The molecule has 0 aromatic carbocycles. The van der Waals surface area contributed by atoms with E-state index in [0.717, 1.165) is 32.6 Å². The highest BCUT2D eigenvalue weighted by molar-refractivity contribution is 7.71. The molecule has 1 N–H and O–H groups in total. The second kappa shape index (κ2) is 6.67. The van der Waals surface area contributed by atoms with Crippen LogP contribution in [0.25, 0.3) is 0 Å². The zero-order chi connectivity index (χ0) is 10.2. The first-order valence-electron chi connectivity index (χ1n) is 4.90. The molecule has 0 bridgehead atoms. The van der Waals surface area contributed by atoms with E-state index in [0.29, 0.717) is 4.77 Å². The largest absolute Gasteiger partial charge is 0.381 e. The summed E-state index contributed by atoms with van der Waals surface area (Å²) < 4.78 is 7.64. The fourth-order valence-corrected chi connectivity index (χ4v) is 1.21. The topological polar surface area (TPSA) is 55.7 Å². The molecule has 0 fully saturated rings. The number of nitrogens with zero attached hydrogens (tertiary/aromatic N) is 3. The predicted molar refractivity (Wildman–Crippen MR) is 55.6 cm³/mol. The molecule has 5 nitrogen and oxygen atoms in total. The Bertz CT molecular complexity index is 296. The summed E-state index contributed by atoms with van der Waals surface area (Å²) in [5, 5.41) is 9.97. The summed E-state index contributed by atoms with van der Waals surface area (Å²) in [7, 11) is 0. The lowest BCUT2D eigenvalue weighted by atomic mass is 10.4. The molecule has 1 aromatic heterocycles. The van der Waals surface area contributed by atoms with Crippen molar-refractivity contribution in [1.29, 1.82) is 0 Å². The maximum absolute atomic E-state index is 5.41. The second-order valence-electron chi connectivity index (χ2n) is 3.05. The van der Waals surface area contributed by atoms with Crippen LogP contribution in [0, 0.1) is 4.77 Å². The quantitative estimate of drug-likeness (QED) is 0.555. The highest BCUT2D eigenvalue weighted by Crippen LogP contribution is 1.92. The van der Waals surface area contributed by atoms with Gasteiger partial charge in [-0.15, -0.1) is 0 Å². The highest BCUT2D eigenvalue weighted by atomic mass is 32.1. The Labute approximate surface area is 88.4 Å². The lowest BCUT2D eigenvalue weighted by Gasteiger charge is -2.02. The number of tetrazole rings is 1. The van der Waals surface area contributed by atoms with Crippen molar-refractivity contribution in [1.82, 2.24) is 20.2 Å². The van der Waals surface area contributed by atoms with E-state index in [2.05, 4.69) is 22.4 Å². The van der Waals surface area contributed by atoms with Gasteiger partial charge in [-0.2, -0.15) is 5.21 Å². The fraction of sp³-hybridized carbons (Fsp3) is 0.875. The van der Waals surface area contributed by atoms with Crippen LogP contribution >= 0.6 is 12.2 Å². The summed E-state index contributed by atoms with van der Waals surface area (Å²) in [5.74, 6) is 0. The standard InChI is InChI=1S/C8H16N4OS/c1-2-3-6-13-7-4-5-12-8(14)9-10-11-12/h2-7H2,1H3,(H,9,11,14). The highest BCUT2D eigenvalue weighted by Gasteiger charge is 1.94. The Morgan fingerprint density at radius 3 is 2.86 bits per heavy atom. The zero-order valence-corrected chi connectivity index (χ0v) is 9.22. The van der Waals surface area contributed by atoms with Gasteiger partial charge in [-0.1, -0.05) is 23.7 Å². The maximum atomic E-state index is 5.41. The number of aromatic nitrogens is 4. The third-order valence-corrected chi connectivity index (χ3v) is 2.15. The molecule has 6 heteroatoms. The van der Waals surface area contributed by atoms with Gasteiger partial charge in [0.15, 0.2) is 0 Å². The summed E-state index contributed by atoms with van der Waals surface area (Å²) in [4.78, 5) is 0. The summed E-state index contributed by atoms with van der Waals surface area (Å²) in [6, 6.07) is 0. The first-order valence-corrected chi connectivity index (χ1v) is 5.31. The monoisotopic (exact) mass is 216 g/mol. The third-order valence-electron chi connectivity index (χ3n) is 1.84. The average Bonchev–Trinajstić information content (AvgIpc) is 2.58. The Morgan fingerprint density at radius 2 is 2.21 bits per heavy atom. The Kier molecular flexibility index (Phi) is 5.39. The molecule has 0 unspecified atom stereocenters. The number of hydrogen-bond acceptors (Lipinski definition) is 4. The molecular formula is C8H16N4OS. The van der Waals surface area contributed by atoms with E-state index < -0.39 is 0 Å². The molecule has 0 spiro atoms. The normalized spacial score (nSPS) is 10.6. The Hall–Kier alpha value is -0.750. The van der Waals surface area contributed by atoms with Gasteiger partial charge in [0.2, 0.25) is 4.77 Å². The predicted octanol–water partition coefficient (Wildman–Crippen LogP) is 1.54. The zero-order valence-electron chi connectivity index (χ0n) is 8.40. The van der Waals surface area contributed by atoms with Gasteiger partial charge < -0.3 is 4.74 Å². The molecular weight excluding hydrogens is 200 g/mol. The van der Waals surface area contributed by atoms with Crippen LogP contribution in [-0.2, 0) is 11.3 Å². The molecule has 0 radical (unpaired) electrons. The van der Waals surface area contributed by atoms with E-state index in [4.69, 9.17) is 17.0 Å². The molecule has 0 aliphatic heterocycles. The van der Waals surface area contributed by atoms with Crippen LogP contribution in [0.2, 0.25) is 0 Å². The smallest absolute Gasteiger partial charge is 0.238 e. The van der Waals surface area contributed by atoms with Crippen molar-refractivity contribution in [3.05, 3.63) is 4.77 Å². The number of nitrogens with one attached hydrogen (secondary N) is 1. The molecule has 1 rings (SSSR count). The molecule has 0 saturated carbocycles. The number of rotatable bonds is 7. The van der Waals surface area contributed by atoms with Crippen molar-refractivity contribution >= 4 is 12.2 Å². The number of ether oxygens (including phenoxy) is 1. The van der Waals surface area contributed by atoms with Gasteiger partial charge in [0, 0.05) is 19.8 Å². The van der Waals surface area contributed by atoms with Crippen molar-refractivity contribution in [2.24, 2.45) is 0 Å². The molecule has 1 aromatic rings. The Morgan fingerprint density at radius 1 is 1.43 bits per heavy atom. The van der Waals surface area contributed by atoms with Gasteiger partial charge in [0.25, 0.3) is 0 Å². The van der Waals surface area contributed by atoms with Crippen molar-refractivity contribution in [3.8, 4) is 0 Å². The molecule has 80 valence electrons. The van der Waals surface area contributed by atoms with E-state index in [1.54, 1.807) is 4.68 Å². The van der Waals surface area contributed by atoms with Crippen LogP contribution in [0.1, 0.15) is 26.2 Å². The maximum Gasteiger partial charge on any atom is 0.238 e. The van der Waals surface area contributed by atoms with Crippen LogP contribution in [0.3, 0.4) is 0 Å². The molecule has 0 aliphatic rings. The van der Waals surface area contributed by atoms with E-state index in [-0.39, 0.29) is 0 Å². The van der Waals surface area contributed by atoms with Crippen molar-refractivity contribution in [3.63, 3.8) is 0 Å². The van der Waals surface area contributed by atoms with Crippen LogP contribution < -0.4 is 0 Å². The second-order valence-corrected chi connectivity index (χ2v) is 3.42. The van der Waals surface area contributed by atoms with Crippen LogP contribution in [-0.4, -0.2) is 33.4 Å². The first-order chi connectivity index (χ1) is 6.84. The van der Waals surface area contributed by atoms with Gasteiger partial charge in [-0.3, -0.25) is 0 Å². The summed E-state index contributed by atoms with van der Waals surface area (Å²) in [6.45, 7) is 4.56. The van der Waals surface area contributed by atoms with Crippen molar-refractivity contribution in [2.75, 3.05) is 13.2 Å². The lowest BCUT2D eigenvalue weighted by Crippen LogP contribution is -2.05. The minimum atomic E-state index is 0.499. The SMILES string of the molecule is CCCCOCCCn1[nH]nnc1=S. The molecule has 0 amide bonds. The van der Waals surface area contributed by atoms with E-state index >= 15 is 0 Å². The van der Waals surface area contributed by atoms with E-state index in [9.17, 15) is 0 Å². The van der Waals surface area contributed by atoms with Gasteiger partial charge in [0.05, 0.1) is 0 Å². The molecule has 0 saturated heterocycles. The van der Waals surface area contributed by atoms with Crippen LogP contribution in [0.5, 0.6) is 0 Å². The molecule has 14 heavy (non-hydrogen) atoms. The minimum Gasteiger partial charge on any atom is -0.381 e. The third kappa shape index (κ3) is 3.97. The van der Waals surface area contributed by atoms with E-state index in [1.807, 2.05) is 0 Å². The lowest BCUT2D eigenvalue weighted by molar-refractivity contribution is 0.125. The summed E-state index contributed by atoms with van der Waals surface area (Å²) >= 11 is 4.92. The number of aryl methyl sites for hydroxylation is 1. The molecule has 0 aliphatic carbocycles. The molecule has 0 atom stereocenters. The van der Waals surface area contributed by atoms with Gasteiger partial charge in [-0.05, 0) is 25.1 Å². The first kappa shape index (κ1) is 11.3. The number of H-pyrrole nitrogens is 1. The van der Waals surface area contributed by atoms with Gasteiger partial charge in [0.1, 0.15) is 0 Å². The van der Waals surface area contributed by atoms with E-state index in [1.165, 1.54) is 6.42 Å². The van der Waals surface area contributed by atoms with Crippen LogP contribution in [0.15, 0.2) is 0 Å². The molecule has 1 heterocycles. The summed E-state index contributed by atoms with van der Waals surface area (Å²) in [6.07, 6.45) is 3.24. The van der Waals surface area contributed by atoms with Gasteiger partial charge >= 0.3 is 0 Å². The fourth-order valence-electron chi connectivity index (χ4n) is 1.03. The average molecular weight is 216 g/mol. The van der Waals surface area contributed by atoms with Gasteiger partial charge in [-0.25, -0.2) is 4.68 Å². The number of hydrogen-bond donors (Lipinski definition) is 1. The van der Waals surface area contributed by atoms with Crippen molar-refractivity contribution < 1.29 is 4.74 Å². The number of aromatic amines is 1.